The Morgan fingerprint density at radius 1 is 1.19 bits per heavy atom. The monoisotopic (exact) mass is 221 g/mol. The van der Waals surface area contributed by atoms with Crippen molar-refractivity contribution in [2.24, 2.45) is 0 Å². The van der Waals surface area contributed by atoms with E-state index in [2.05, 4.69) is 43.4 Å². The van der Waals surface area contributed by atoms with Crippen LogP contribution in [0.2, 0.25) is 0 Å². The highest BCUT2D eigenvalue weighted by molar-refractivity contribution is 5.22. The summed E-state index contributed by atoms with van der Waals surface area (Å²) in [4.78, 5) is 0. The lowest BCUT2D eigenvalue weighted by atomic mass is 10.1. The van der Waals surface area contributed by atoms with Crippen molar-refractivity contribution in [3.63, 3.8) is 0 Å². The van der Waals surface area contributed by atoms with E-state index in [9.17, 15) is 0 Å². The third-order valence-electron chi connectivity index (χ3n) is 2.75. The molecule has 0 radical (unpaired) electrons. The molecule has 0 aliphatic heterocycles. The van der Waals surface area contributed by atoms with Crippen LogP contribution < -0.4 is 5.32 Å². The average molecular weight is 221 g/mol. The number of benzene rings is 1. The maximum atomic E-state index is 5.07. The quantitative estimate of drug-likeness (QED) is 0.763. The molecular weight excluding hydrogens is 198 g/mol. The van der Waals surface area contributed by atoms with Gasteiger partial charge in [0.05, 0.1) is 6.61 Å². The Kier molecular flexibility index (Phi) is 6.12. The van der Waals surface area contributed by atoms with Crippen molar-refractivity contribution in [2.45, 2.75) is 32.7 Å². The van der Waals surface area contributed by atoms with E-state index in [1.54, 1.807) is 7.11 Å². The first kappa shape index (κ1) is 13.2. The minimum atomic E-state index is 0.430. The molecule has 0 fully saturated rings. The molecule has 0 spiro atoms. The lowest BCUT2D eigenvalue weighted by Crippen LogP contribution is -2.31. The SMILES string of the molecule is CCc1ccc(CCNC(C)COC)cc1. The largest absolute Gasteiger partial charge is 0.383 e. The van der Waals surface area contributed by atoms with Crippen LogP contribution >= 0.6 is 0 Å². The van der Waals surface area contributed by atoms with Gasteiger partial charge in [-0.15, -0.1) is 0 Å². The Labute approximate surface area is 99.0 Å². The van der Waals surface area contributed by atoms with Gasteiger partial charge in [0.25, 0.3) is 0 Å². The number of nitrogens with one attached hydrogen (secondary N) is 1. The van der Waals surface area contributed by atoms with Crippen LogP contribution in [0.4, 0.5) is 0 Å². The molecule has 1 N–H and O–H groups in total. The third-order valence-corrected chi connectivity index (χ3v) is 2.75. The van der Waals surface area contributed by atoms with Gasteiger partial charge >= 0.3 is 0 Å². The molecule has 16 heavy (non-hydrogen) atoms. The summed E-state index contributed by atoms with van der Waals surface area (Å²) in [6.45, 7) is 6.11. The minimum absolute atomic E-state index is 0.430. The third kappa shape index (κ3) is 4.77. The van der Waals surface area contributed by atoms with Crippen molar-refractivity contribution in [1.29, 1.82) is 0 Å². The van der Waals surface area contributed by atoms with Gasteiger partial charge in [-0.05, 0) is 37.4 Å². The summed E-state index contributed by atoms with van der Waals surface area (Å²) in [6, 6.07) is 9.31. The van der Waals surface area contributed by atoms with Crippen LogP contribution in [0, 0.1) is 0 Å². The fourth-order valence-corrected chi connectivity index (χ4v) is 1.71. The van der Waals surface area contributed by atoms with Crippen LogP contribution in [0.15, 0.2) is 24.3 Å². The first-order valence-electron chi connectivity index (χ1n) is 6.06. The topological polar surface area (TPSA) is 21.3 Å². The number of ether oxygens (including phenoxy) is 1. The van der Waals surface area contributed by atoms with Crippen LogP contribution in [0.25, 0.3) is 0 Å². The van der Waals surface area contributed by atoms with Gasteiger partial charge in [0, 0.05) is 13.2 Å². The van der Waals surface area contributed by atoms with E-state index in [1.165, 1.54) is 11.1 Å². The molecule has 0 aliphatic rings. The van der Waals surface area contributed by atoms with Gasteiger partial charge in [-0.25, -0.2) is 0 Å². The molecule has 0 bridgehead atoms. The van der Waals surface area contributed by atoms with E-state index < -0.39 is 0 Å². The second kappa shape index (κ2) is 7.42. The second-order valence-corrected chi connectivity index (χ2v) is 4.23. The first-order chi connectivity index (χ1) is 7.76. The maximum Gasteiger partial charge on any atom is 0.0613 e. The van der Waals surface area contributed by atoms with Gasteiger partial charge < -0.3 is 10.1 Å². The summed E-state index contributed by atoms with van der Waals surface area (Å²) in [7, 11) is 1.74. The zero-order valence-corrected chi connectivity index (χ0v) is 10.6. The number of hydrogen-bond acceptors (Lipinski definition) is 2. The summed E-state index contributed by atoms with van der Waals surface area (Å²) in [5.41, 5.74) is 2.80. The van der Waals surface area contributed by atoms with Crippen LogP contribution in [0.3, 0.4) is 0 Å². The van der Waals surface area contributed by atoms with Gasteiger partial charge in [0.2, 0.25) is 0 Å². The van der Waals surface area contributed by atoms with Crippen LogP contribution in [0.1, 0.15) is 25.0 Å². The van der Waals surface area contributed by atoms with Gasteiger partial charge in [-0.3, -0.25) is 0 Å². The second-order valence-electron chi connectivity index (χ2n) is 4.23. The lowest BCUT2D eigenvalue weighted by Gasteiger charge is -2.12. The summed E-state index contributed by atoms with van der Waals surface area (Å²) in [5.74, 6) is 0. The Balaban J connectivity index is 2.26. The van der Waals surface area contributed by atoms with Gasteiger partial charge in [0.1, 0.15) is 0 Å². The molecule has 90 valence electrons. The summed E-state index contributed by atoms with van der Waals surface area (Å²) >= 11 is 0. The Morgan fingerprint density at radius 3 is 2.38 bits per heavy atom. The molecular formula is C14H23NO. The molecule has 0 amide bonds. The Morgan fingerprint density at radius 2 is 1.81 bits per heavy atom. The molecule has 2 heteroatoms. The van der Waals surface area contributed by atoms with E-state index in [0.717, 1.165) is 26.0 Å². The molecule has 0 aliphatic carbocycles. The van der Waals surface area contributed by atoms with Gasteiger partial charge in [-0.2, -0.15) is 0 Å². The van der Waals surface area contributed by atoms with Crippen molar-refractivity contribution in [2.75, 3.05) is 20.3 Å². The molecule has 1 aromatic carbocycles. The first-order valence-corrected chi connectivity index (χ1v) is 6.06. The van der Waals surface area contributed by atoms with E-state index in [4.69, 9.17) is 4.74 Å². The summed E-state index contributed by atoms with van der Waals surface area (Å²) < 4.78 is 5.07. The normalized spacial score (nSPS) is 12.7. The summed E-state index contributed by atoms with van der Waals surface area (Å²) in [6.07, 6.45) is 2.20. The number of methoxy groups -OCH3 is 1. The smallest absolute Gasteiger partial charge is 0.0613 e. The summed E-state index contributed by atoms with van der Waals surface area (Å²) in [5, 5.41) is 3.44. The Hall–Kier alpha value is -0.860. The highest BCUT2D eigenvalue weighted by Gasteiger charge is 1.99. The van der Waals surface area contributed by atoms with Crippen LogP contribution in [-0.4, -0.2) is 26.3 Å². The molecule has 0 aromatic heterocycles. The molecule has 0 saturated heterocycles. The number of hydrogen-bond donors (Lipinski definition) is 1. The van der Waals surface area contributed by atoms with Gasteiger partial charge in [0.15, 0.2) is 0 Å². The predicted molar refractivity (Wildman–Crippen MR) is 68.9 cm³/mol. The van der Waals surface area contributed by atoms with E-state index in [0.29, 0.717) is 6.04 Å². The number of aryl methyl sites for hydroxylation is 1. The minimum Gasteiger partial charge on any atom is -0.383 e. The van der Waals surface area contributed by atoms with Crippen LogP contribution in [0.5, 0.6) is 0 Å². The number of rotatable bonds is 7. The van der Waals surface area contributed by atoms with E-state index in [1.807, 2.05) is 0 Å². The average Bonchev–Trinajstić information content (AvgIpc) is 2.30. The maximum absolute atomic E-state index is 5.07. The van der Waals surface area contributed by atoms with Crippen molar-refractivity contribution in [3.8, 4) is 0 Å². The van der Waals surface area contributed by atoms with Crippen molar-refractivity contribution < 1.29 is 4.74 Å². The fourth-order valence-electron chi connectivity index (χ4n) is 1.71. The fraction of sp³-hybridized carbons (Fsp3) is 0.571. The van der Waals surface area contributed by atoms with E-state index in [-0.39, 0.29) is 0 Å². The predicted octanol–water partition coefficient (Wildman–Crippen LogP) is 2.42. The molecule has 0 heterocycles. The van der Waals surface area contributed by atoms with Crippen molar-refractivity contribution >= 4 is 0 Å². The highest BCUT2D eigenvalue weighted by Crippen LogP contribution is 2.05. The molecule has 2 nitrogen and oxygen atoms in total. The molecule has 1 rings (SSSR count). The molecule has 1 aromatic rings. The lowest BCUT2D eigenvalue weighted by molar-refractivity contribution is 0.172. The standard InChI is InChI=1S/C14H23NO/c1-4-13-5-7-14(8-6-13)9-10-15-12(2)11-16-3/h5-8,12,15H,4,9-11H2,1-3H3. The molecule has 0 saturated carbocycles. The van der Waals surface area contributed by atoms with Gasteiger partial charge in [-0.1, -0.05) is 31.2 Å². The zero-order chi connectivity index (χ0) is 11.8. The zero-order valence-electron chi connectivity index (χ0n) is 10.6. The molecule has 1 atom stereocenters. The van der Waals surface area contributed by atoms with Crippen LogP contribution in [-0.2, 0) is 17.6 Å². The van der Waals surface area contributed by atoms with Crippen molar-refractivity contribution in [3.05, 3.63) is 35.4 Å². The molecule has 1 unspecified atom stereocenters. The van der Waals surface area contributed by atoms with Crippen molar-refractivity contribution in [1.82, 2.24) is 5.32 Å². The van der Waals surface area contributed by atoms with E-state index >= 15 is 0 Å². The highest BCUT2D eigenvalue weighted by atomic mass is 16.5. The Bertz CT molecular complexity index is 281.